The number of benzene rings is 1. The molecule has 1 aliphatic rings. The molecule has 6 heteroatoms. The van der Waals surface area contributed by atoms with Gasteiger partial charge in [-0.15, -0.1) is 0 Å². The normalized spacial score (nSPS) is 22.6. The molecule has 0 bridgehead atoms. The smallest absolute Gasteiger partial charge is 0.250 e. The molecule has 6 nitrogen and oxygen atoms in total. The number of rotatable bonds is 4. The van der Waals surface area contributed by atoms with E-state index in [-0.39, 0.29) is 6.54 Å². The second-order valence-corrected chi connectivity index (χ2v) is 5.84. The summed E-state index contributed by atoms with van der Waals surface area (Å²) in [6.45, 7) is 1.76. The first-order valence-corrected chi connectivity index (χ1v) is 7.40. The molecule has 1 aromatic heterocycles. The van der Waals surface area contributed by atoms with Crippen LogP contribution in [-0.4, -0.2) is 44.4 Å². The lowest BCUT2D eigenvalue weighted by atomic mass is 9.92. The molecule has 2 aromatic rings. The molecule has 116 valence electrons. The number of piperidine rings is 1. The highest BCUT2D eigenvalue weighted by Gasteiger charge is 2.38. The fourth-order valence-corrected chi connectivity index (χ4v) is 2.88. The zero-order chi connectivity index (χ0) is 15.6. The van der Waals surface area contributed by atoms with Crippen LogP contribution in [-0.2, 0) is 11.3 Å². The molecular weight excluding hydrogens is 280 g/mol. The van der Waals surface area contributed by atoms with Crippen LogP contribution in [0.25, 0.3) is 5.69 Å². The molecule has 0 saturated carbocycles. The Morgan fingerprint density at radius 1 is 1.36 bits per heavy atom. The van der Waals surface area contributed by atoms with E-state index in [9.17, 15) is 9.90 Å². The standard InChI is InChI=1S/C16H20N4O2/c17-15(21)16(22)7-4-8-19(12-16)10-13-9-18-20(11-13)14-5-2-1-3-6-14/h1-3,5-6,9,11,22H,4,7-8,10,12H2,(H2,17,21). The number of hydrogen-bond donors (Lipinski definition) is 2. The first kappa shape index (κ1) is 14.7. The van der Waals surface area contributed by atoms with Gasteiger partial charge >= 0.3 is 0 Å². The Labute approximate surface area is 129 Å². The number of nitrogens with zero attached hydrogens (tertiary/aromatic N) is 3. The van der Waals surface area contributed by atoms with Crippen molar-refractivity contribution in [2.45, 2.75) is 25.0 Å². The monoisotopic (exact) mass is 300 g/mol. The van der Waals surface area contributed by atoms with Crippen molar-refractivity contribution < 1.29 is 9.90 Å². The second kappa shape index (κ2) is 5.90. The Balaban J connectivity index is 1.69. The molecule has 1 amide bonds. The van der Waals surface area contributed by atoms with Crippen LogP contribution in [0.15, 0.2) is 42.7 Å². The zero-order valence-electron chi connectivity index (χ0n) is 12.4. The van der Waals surface area contributed by atoms with Crippen LogP contribution < -0.4 is 5.73 Å². The maximum absolute atomic E-state index is 11.4. The van der Waals surface area contributed by atoms with Gasteiger partial charge in [0.25, 0.3) is 5.91 Å². The number of primary amides is 1. The summed E-state index contributed by atoms with van der Waals surface area (Å²) in [6, 6.07) is 9.88. The number of aromatic nitrogens is 2. The van der Waals surface area contributed by atoms with Crippen molar-refractivity contribution in [3.8, 4) is 5.69 Å². The molecule has 3 N–H and O–H groups in total. The minimum absolute atomic E-state index is 0.277. The summed E-state index contributed by atoms with van der Waals surface area (Å²) in [6.07, 6.45) is 4.96. The molecule has 0 aliphatic carbocycles. The molecule has 22 heavy (non-hydrogen) atoms. The molecule has 1 aliphatic heterocycles. The van der Waals surface area contributed by atoms with Crippen LogP contribution in [0.4, 0.5) is 0 Å². The number of para-hydroxylation sites is 1. The topological polar surface area (TPSA) is 84.4 Å². The average Bonchev–Trinajstić information content (AvgIpc) is 2.97. The van der Waals surface area contributed by atoms with E-state index in [0.29, 0.717) is 13.0 Å². The molecular formula is C16H20N4O2. The number of amides is 1. The second-order valence-electron chi connectivity index (χ2n) is 5.84. The third kappa shape index (κ3) is 3.03. The van der Waals surface area contributed by atoms with Gasteiger partial charge in [0.05, 0.1) is 11.9 Å². The van der Waals surface area contributed by atoms with Gasteiger partial charge < -0.3 is 10.8 Å². The highest BCUT2D eigenvalue weighted by Crippen LogP contribution is 2.22. The molecule has 0 spiro atoms. The summed E-state index contributed by atoms with van der Waals surface area (Å²) in [5.74, 6) is -0.641. The number of hydrogen-bond acceptors (Lipinski definition) is 4. The number of carbonyl (C=O) groups excluding carboxylic acids is 1. The summed E-state index contributed by atoms with van der Waals surface area (Å²) in [7, 11) is 0. The maximum Gasteiger partial charge on any atom is 0.250 e. The van der Waals surface area contributed by atoms with Gasteiger partial charge in [-0.2, -0.15) is 5.10 Å². The van der Waals surface area contributed by atoms with Crippen LogP contribution in [0.5, 0.6) is 0 Å². The third-order valence-corrected chi connectivity index (χ3v) is 4.07. The average molecular weight is 300 g/mol. The van der Waals surface area contributed by atoms with E-state index in [1.807, 2.05) is 52.3 Å². The highest BCUT2D eigenvalue weighted by atomic mass is 16.3. The van der Waals surface area contributed by atoms with Crippen molar-refractivity contribution in [3.05, 3.63) is 48.3 Å². The zero-order valence-corrected chi connectivity index (χ0v) is 12.4. The van der Waals surface area contributed by atoms with Gasteiger partial charge in [0.2, 0.25) is 0 Å². The van der Waals surface area contributed by atoms with Crippen LogP contribution in [0.2, 0.25) is 0 Å². The third-order valence-electron chi connectivity index (χ3n) is 4.07. The van der Waals surface area contributed by atoms with Crippen molar-refractivity contribution in [2.24, 2.45) is 5.73 Å². The number of nitrogens with two attached hydrogens (primary N) is 1. The molecule has 1 atom stereocenters. The van der Waals surface area contributed by atoms with E-state index in [2.05, 4.69) is 5.10 Å². The lowest BCUT2D eigenvalue weighted by Gasteiger charge is -2.36. The summed E-state index contributed by atoms with van der Waals surface area (Å²) in [5.41, 5.74) is 5.94. The summed E-state index contributed by atoms with van der Waals surface area (Å²) >= 11 is 0. The van der Waals surface area contributed by atoms with Gasteiger partial charge in [0.1, 0.15) is 0 Å². The highest BCUT2D eigenvalue weighted by molar-refractivity contribution is 5.83. The van der Waals surface area contributed by atoms with Gasteiger partial charge in [-0.3, -0.25) is 9.69 Å². The SMILES string of the molecule is NC(=O)C1(O)CCCN(Cc2cnn(-c3ccccc3)c2)C1. The molecule has 1 fully saturated rings. The maximum atomic E-state index is 11.4. The lowest BCUT2D eigenvalue weighted by Crippen LogP contribution is -2.55. The predicted octanol–water partition coefficient (Wildman–Crippen LogP) is 0.684. The number of β-amino-alcohol motifs (C(OH)–C–C–N with tert-alkyl or cyclic N) is 1. The summed E-state index contributed by atoms with van der Waals surface area (Å²) in [5, 5.41) is 14.6. The summed E-state index contributed by atoms with van der Waals surface area (Å²) in [4.78, 5) is 13.4. The Bertz CT molecular complexity index is 655. The van der Waals surface area contributed by atoms with Gasteiger partial charge in [0.15, 0.2) is 5.60 Å². The van der Waals surface area contributed by atoms with Crippen LogP contribution in [0.3, 0.4) is 0 Å². The number of carbonyl (C=O) groups is 1. The Morgan fingerprint density at radius 2 is 2.14 bits per heavy atom. The van der Waals surface area contributed by atoms with Crippen molar-refractivity contribution in [1.82, 2.24) is 14.7 Å². The van der Waals surface area contributed by atoms with Gasteiger partial charge in [0, 0.05) is 24.8 Å². The van der Waals surface area contributed by atoms with Crippen LogP contribution in [0, 0.1) is 0 Å². The van der Waals surface area contributed by atoms with Gasteiger partial charge in [-0.1, -0.05) is 18.2 Å². The van der Waals surface area contributed by atoms with Crippen molar-refractivity contribution in [2.75, 3.05) is 13.1 Å². The molecule has 1 saturated heterocycles. The van der Waals surface area contributed by atoms with E-state index in [1.165, 1.54) is 0 Å². The van der Waals surface area contributed by atoms with Crippen molar-refractivity contribution in [3.63, 3.8) is 0 Å². The molecule has 1 unspecified atom stereocenters. The first-order chi connectivity index (χ1) is 10.6. The van der Waals surface area contributed by atoms with Crippen molar-refractivity contribution >= 4 is 5.91 Å². The lowest BCUT2D eigenvalue weighted by molar-refractivity contribution is -0.142. The number of likely N-dealkylation sites (tertiary alicyclic amines) is 1. The van der Waals surface area contributed by atoms with E-state index in [4.69, 9.17) is 5.73 Å². The molecule has 2 heterocycles. The van der Waals surface area contributed by atoms with Crippen molar-refractivity contribution in [1.29, 1.82) is 0 Å². The molecule has 1 aromatic carbocycles. The predicted molar refractivity (Wildman–Crippen MR) is 82.2 cm³/mol. The Hall–Kier alpha value is -2.18. The van der Waals surface area contributed by atoms with E-state index in [1.54, 1.807) is 0 Å². The fourth-order valence-electron chi connectivity index (χ4n) is 2.88. The van der Waals surface area contributed by atoms with Crippen LogP contribution in [0.1, 0.15) is 18.4 Å². The van der Waals surface area contributed by atoms with Crippen LogP contribution >= 0.6 is 0 Å². The molecule has 0 radical (unpaired) electrons. The molecule has 3 rings (SSSR count). The number of aliphatic hydroxyl groups is 1. The summed E-state index contributed by atoms with van der Waals surface area (Å²) < 4.78 is 1.82. The van der Waals surface area contributed by atoms with E-state index < -0.39 is 11.5 Å². The van der Waals surface area contributed by atoms with Gasteiger partial charge in [-0.05, 0) is 31.5 Å². The minimum atomic E-state index is -1.41. The Kier molecular flexibility index (Phi) is 3.96. The quantitative estimate of drug-likeness (QED) is 0.870. The van der Waals surface area contributed by atoms with E-state index >= 15 is 0 Å². The first-order valence-electron chi connectivity index (χ1n) is 7.40. The van der Waals surface area contributed by atoms with E-state index in [0.717, 1.165) is 24.2 Å². The Morgan fingerprint density at radius 3 is 2.86 bits per heavy atom. The van der Waals surface area contributed by atoms with Gasteiger partial charge in [-0.25, -0.2) is 4.68 Å². The fraction of sp³-hybridized carbons (Fsp3) is 0.375. The minimum Gasteiger partial charge on any atom is -0.379 e. The largest absolute Gasteiger partial charge is 0.379 e.